The quantitative estimate of drug-likeness (QED) is 0.378. The van der Waals surface area contributed by atoms with E-state index in [1.54, 1.807) is 25.7 Å². The zero-order valence-electron chi connectivity index (χ0n) is 13.1. The first-order valence-corrected chi connectivity index (χ1v) is 8.86. The Hall–Kier alpha value is 0. The van der Waals surface area contributed by atoms with Crippen molar-refractivity contribution in [2.75, 3.05) is 0 Å². The Labute approximate surface area is 116 Å². The van der Waals surface area contributed by atoms with E-state index in [1.807, 2.05) is 0 Å². The molecule has 0 aromatic rings. The Morgan fingerprint density at radius 1 is 0.556 bits per heavy atom. The standard InChI is InChI=1S/C18H36/c1-3-5-7-8-9-10-12-18-15-13-17(14-16-18)11-6-4-2/h17-18H,3-16H2,1-2H3. The lowest BCUT2D eigenvalue weighted by Gasteiger charge is -2.28. The summed E-state index contributed by atoms with van der Waals surface area (Å²) in [6, 6.07) is 0. The van der Waals surface area contributed by atoms with E-state index < -0.39 is 0 Å². The maximum atomic E-state index is 2.32. The van der Waals surface area contributed by atoms with Crippen LogP contribution >= 0.6 is 0 Å². The van der Waals surface area contributed by atoms with Gasteiger partial charge < -0.3 is 0 Å². The third kappa shape index (κ3) is 7.44. The number of rotatable bonds is 10. The molecule has 0 atom stereocenters. The lowest BCUT2D eigenvalue weighted by atomic mass is 9.78. The highest BCUT2D eigenvalue weighted by atomic mass is 14.3. The Morgan fingerprint density at radius 3 is 1.56 bits per heavy atom. The normalized spacial score (nSPS) is 24.3. The largest absolute Gasteiger partial charge is 0.0654 e. The minimum absolute atomic E-state index is 1.09. The van der Waals surface area contributed by atoms with E-state index in [1.165, 1.54) is 64.2 Å². The molecule has 1 rings (SSSR count). The summed E-state index contributed by atoms with van der Waals surface area (Å²) in [7, 11) is 0. The Morgan fingerprint density at radius 2 is 1.00 bits per heavy atom. The molecule has 1 aliphatic rings. The lowest BCUT2D eigenvalue weighted by molar-refractivity contribution is 0.245. The molecule has 0 nitrogen and oxygen atoms in total. The van der Waals surface area contributed by atoms with Crippen molar-refractivity contribution in [2.24, 2.45) is 11.8 Å². The zero-order valence-corrected chi connectivity index (χ0v) is 13.1. The molecule has 0 aliphatic heterocycles. The van der Waals surface area contributed by atoms with E-state index in [-0.39, 0.29) is 0 Å². The second-order valence-corrected chi connectivity index (χ2v) is 6.59. The van der Waals surface area contributed by atoms with Crippen molar-refractivity contribution in [3.8, 4) is 0 Å². The summed E-state index contributed by atoms with van der Waals surface area (Å²) in [5.41, 5.74) is 0. The van der Waals surface area contributed by atoms with Crippen LogP contribution in [0.2, 0.25) is 0 Å². The SMILES string of the molecule is CCCCCCCCC1CCC(CCCC)CC1. The van der Waals surface area contributed by atoms with Crippen LogP contribution in [0.5, 0.6) is 0 Å². The predicted octanol–water partition coefficient (Wildman–Crippen LogP) is 6.73. The van der Waals surface area contributed by atoms with Gasteiger partial charge in [0.15, 0.2) is 0 Å². The maximum Gasteiger partial charge on any atom is -0.0414 e. The molecule has 108 valence electrons. The maximum absolute atomic E-state index is 2.32. The van der Waals surface area contributed by atoms with Gasteiger partial charge in [-0.3, -0.25) is 0 Å². The van der Waals surface area contributed by atoms with Crippen LogP contribution in [0.25, 0.3) is 0 Å². The number of unbranched alkanes of at least 4 members (excludes halogenated alkanes) is 6. The second kappa shape index (κ2) is 10.9. The van der Waals surface area contributed by atoms with Crippen LogP contribution in [0.15, 0.2) is 0 Å². The van der Waals surface area contributed by atoms with Gasteiger partial charge in [0.1, 0.15) is 0 Å². The van der Waals surface area contributed by atoms with Crippen molar-refractivity contribution >= 4 is 0 Å². The molecular formula is C18H36. The molecule has 0 amide bonds. The Balaban J connectivity index is 1.92. The van der Waals surface area contributed by atoms with E-state index in [4.69, 9.17) is 0 Å². The molecule has 1 fully saturated rings. The Kier molecular flexibility index (Phi) is 9.70. The van der Waals surface area contributed by atoms with E-state index >= 15 is 0 Å². The molecule has 0 bridgehead atoms. The number of hydrogen-bond donors (Lipinski definition) is 0. The average molecular weight is 252 g/mol. The lowest BCUT2D eigenvalue weighted by Crippen LogP contribution is -2.14. The van der Waals surface area contributed by atoms with Gasteiger partial charge in [0, 0.05) is 0 Å². The van der Waals surface area contributed by atoms with Crippen LogP contribution in [-0.4, -0.2) is 0 Å². The molecule has 18 heavy (non-hydrogen) atoms. The van der Waals surface area contributed by atoms with Crippen molar-refractivity contribution in [1.29, 1.82) is 0 Å². The fraction of sp³-hybridized carbons (Fsp3) is 1.00. The van der Waals surface area contributed by atoms with Gasteiger partial charge in [-0.15, -0.1) is 0 Å². The molecule has 0 N–H and O–H groups in total. The molecule has 0 heteroatoms. The highest BCUT2D eigenvalue weighted by Crippen LogP contribution is 2.34. The minimum atomic E-state index is 1.09. The third-order valence-corrected chi connectivity index (χ3v) is 4.90. The van der Waals surface area contributed by atoms with Crippen LogP contribution in [0, 0.1) is 11.8 Å². The zero-order chi connectivity index (χ0) is 13.1. The second-order valence-electron chi connectivity index (χ2n) is 6.59. The van der Waals surface area contributed by atoms with Crippen molar-refractivity contribution in [2.45, 2.75) is 104 Å². The molecule has 0 aromatic heterocycles. The molecule has 0 heterocycles. The van der Waals surface area contributed by atoms with Gasteiger partial charge in [-0.25, -0.2) is 0 Å². The molecule has 0 radical (unpaired) electrons. The van der Waals surface area contributed by atoms with E-state index in [0.717, 1.165) is 11.8 Å². The summed E-state index contributed by atoms with van der Waals surface area (Å²) >= 11 is 0. The summed E-state index contributed by atoms with van der Waals surface area (Å²) in [6.45, 7) is 4.63. The van der Waals surface area contributed by atoms with Crippen LogP contribution in [0.4, 0.5) is 0 Å². The monoisotopic (exact) mass is 252 g/mol. The first kappa shape index (κ1) is 16.1. The average Bonchev–Trinajstić information content (AvgIpc) is 2.42. The fourth-order valence-corrected chi connectivity index (χ4v) is 3.51. The first-order chi connectivity index (χ1) is 8.86. The molecule has 1 aliphatic carbocycles. The van der Waals surface area contributed by atoms with Gasteiger partial charge in [0.2, 0.25) is 0 Å². The van der Waals surface area contributed by atoms with Gasteiger partial charge >= 0.3 is 0 Å². The highest BCUT2D eigenvalue weighted by molar-refractivity contribution is 4.72. The van der Waals surface area contributed by atoms with Crippen molar-refractivity contribution in [3.63, 3.8) is 0 Å². The van der Waals surface area contributed by atoms with Crippen LogP contribution < -0.4 is 0 Å². The summed E-state index contributed by atoms with van der Waals surface area (Å²) in [5.74, 6) is 2.18. The van der Waals surface area contributed by atoms with Crippen LogP contribution in [0.3, 0.4) is 0 Å². The molecule has 0 aromatic carbocycles. The molecule has 0 saturated heterocycles. The third-order valence-electron chi connectivity index (χ3n) is 4.90. The smallest absolute Gasteiger partial charge is 0.0414 e. The van der Waals surface area contributed by atoms with Crippen LogP contribution in [0.1, 0.15) is 104 Å². The van der Waals surface area contributed by atoms with Crippen molar-refractivity contribution in [1.82, 2.24) is 0 Å². The van der Waals surface area contributed by atoms with Crippen molar-refractivity contribution < 1.29 is 0 Å². The van der Waals surface area contributed by atoms with E-state index in [0.29, 0.717) is 0 Å². The van der Waals surface area contributed by atoms with Gasteiger partial charge in [-0.2, -0.15) is 0 Å². The molecule has 1 saturated carbocycles. The molecule has 0 unspecified atom stereocenters. The molecule has 0 spiro atoms. The summed E-state index contributed by atoms with van der Waals surface area (Å²) in [4.78, 5) is 0. The van der Waals surface area contributed by atoms with Gasteiger partial charge in [-0.1, -0.05) is 104 Å². The van der Waals surface area contributed by atoms with E-state index in [9.17, 15) is 0 Å². The van der Waals surface area contributed by atoms with E-state index in [2.05, 4.69) is 13.8 Å². The predicted molar refractivity (Wildman–Crippen MR) is 83.0 cm³/mol. The van der Waals surface area contributed by atoms with Gasteiger partial charge in [0.25, 0.3) is 0 Å². The van der Waals surface area contributed by atoms with Gasteiger partial charge in [-0.05, 0) is 11.8 Å². The molecular weight excluding hydrogens is 216 g/mol. The van der Waals surface area contributed by atoms with Gasteiger partial charge in [0.05, 0.1) is 0 Å². The first-order valence-electron chi connectivity index (χ1n) is 8.86. The van der Waals surface area contributed by atoms with Crippen molar-refractivity contribution in [3.05, 3.63) is 0 Å². The highest BCUT2D eigenvalue weighted by Gasteiger charge is 2.20. The summed E-state index contributed by atoms with van der Waals surface area (Å²) < 4.78 is 0. The minimum Gasteiger partial charge on any atom is -0.0654 e. The fourth-order valence-electron chi connectivity index (χ4n) is 3.51. The topological polar surface area (TPSA) is 0 Å². The summed E-state index contributed by atoms with van der Waals surface area (Å²) in [6.07, 6.45) is 20.9. The van der Waals surface area contributed by atoms with Crippen LogP contribution in [-0.2, 0) is 0 Å². The summed E-state index contributed by atoms with van der Waals surface area (Å²) in [5, 5.41) is 0. The Bertz CT molecular complexity index is 165. The number of hydrogen-bond acceptors (Lipinski definition) is 0.